The van der Waals surface area contributed by atoms with Crippen LogP contribution in [0.5, 0.6) is 0 Å². The van der Waals surface area contributed by atoms with Crippen LogP contribution < -0.4 is 5.73 Å². The number of piperidine rings is 1. The monoisotopic (exact) mass is 549 g/mol. The molecule has 1 saturated carbocycles. The molecule has 3 N–H and O–H groups in total. The van der Waals surface area contributed by atoms with Gasteiger partial charge >= 0.3 is 12.0 Å². The van der Waals surface area contributed by atoms with Gasteiger partial charge in [-0.3, -0.25) is 15.0 Å². The van der Waals surface area contributed by atoms with E-state index in [1.807, 2.05) is 29.2 Å². The van der Waals surface area contributed by atoms with Gasteiger partial charge in [-0.15, -0.1) is 12.4 Å². The zero-order valence-corrected chi connectivity index (χ0v) is 22.9. The van der Waals surface area contributed by atoms with E-state index < -0.39 is 0 Å². The second-order valence-corrected chi connectivity index (χ2v) is 10.2. The van der Waals surface area contributed by atoms with Crippen LogP contribution in [-0.2, 0) is 19.1 Å². The predicted octanol–water partition coefficient (Wildman–Crippen LogP) is 2.58. The number of nitrogens with zero attached hydrogens (tertiary/aromatic N) is 3. The zero-order chi connectivity index (χ0) is 26.4. The first kappa shape index (κ1) is 29.7. The minimum Gasteiger partial charge on any atom is -0.469 e. The van der Waals surface area contributed by atoms with Crippen LogP contribution in [-0.4, -0.2) is 97.5 Å². The minimum atomic E-state index is -0.195. The number of urea groups is 1. The fourth-order valence-corrected chi connectivity index (χ4v) is 5.72. The Bertz CT molecular complexity index is 969. The first-order valence-electron chi connectivity index (χ1n) is 13.3. The number of morpholine rings is 1. The molecule has 0 radical (unpaired) electrons. The number of amides is 3. The second-order valence-electron chi connectivity index (χ2n) is 10.2. The third kappa shape index (κ3) is 7.17. The highest BCUT2D eigenvalue weighted by molar-refractivity contribution is 5.94. The van der Waals surface area contributed by atoms with Crippen LogP contribution in [0.2, 0.25) is 0 Å². The van der Waals surface area contributed by atoms with Crippen molar-refractivity contribution in [3.63, 3.8) is 0 Å². The molecular formula is C27H40ClN5O5. The van der Waals surface area contributed by atoms with Gasteiger partial charge in [0, 0.05) is 37.8 Å². The fraction of sp³-hybridized carbons (Fsp3) is 0.630. The maximum Gasteiger partial charge on any atom is 0.320 e. The lowest BCUT2D eigenvalue weighted by Crippen LogP contribution is -2.55. The maximum absolute atomic E-state index is 13.8. The number of hydrogen-bond donors (Lipinski definition) is 2. The van der Waals surface area contributed by atoms with E-state index in [9.17, 15) is 14.4 Å². The number of nitrogens with two attached hydrogens (primary N) is 1. The van der Waals surface area contributed by atoms with Crippen LogP contribution in [0.4, 0.5) is 4.79 Å². The van der Waals surface area contributed by atoms with Gasteiger partial charge in [-0.25, -0.2) is 4.79 Å². The van der Waals surface area contributed by atoms with Gasteiger partial charge in [0.1, 0.15) is 12.4 Å². The van der Waals surface area contributed by atoms with Crippen molar-refractivity contribution in [3.8, 4) is 0 Å². The van der Waals surface area contributed by atoms with Crippen LogP contribution in [0.3, 0.4) is 0 Å². The SMILES string of the molecule is COC(=O)[C@H]1CC[C@H](N(CC(=O)N2CCOCC2)C(=O)N2CCC(c3ccc(C(=N)N)cc3)CC2)CC1.Cl. The summed E-state index contributed by atoms with van der Waals surface area (Å²) in [7, 11) is 1.41. The van der Waals surface area contributed by atoms with E-state index in [1.54, 1.807) is 9.80 Å². The number of carbonyl (C=O) groups excluding carboxylic acids is 3. The highest BCUT2D eigenvalue weighted by Crippen LogP contribution is 2.32. The van der Waals surface area contributed by atoms with E-state index in [0.29, 0.717) is 76.6 Å². The van der Waals surface area contributed by atoms with Crippen molar-refractivity contribution in [1.29, 1.82) is 5.41 Å². The number of esters is 1. The highest BCUT2D eigenvalue weighted by atomic mass is 35.5. The molecule has 1 aromatic carbocycles. The number of halogens is 1. The van der Waals surface area contributed by atoms with E-state index in [4.69, 9.17) is 20.6 Å². The molecule has 11 heteroatoms. The summed E-state index contributed by atoms with van der Waals surface area (Å²) >= 11 is 0. The molecule has 0 aromatic heterocycles. The van der Waals surface area contributed by atoms with Crippen LogP contribution in [0, 0.1) is 11.3 Å². The van der Waals surface area contributed by atoms with E-state index in [1.165, 1.54) is 12.7 Å². The standard InChI is InChI=1S/C27H39N5O5.ClH/c1-36-26(34)22-6-8-23(9-7-22)32(18-24(33)30-14-16-37-17-15-30)27(35)31-12-10-20(11-13-31)19-2-4-21(5-3-19)25(28)29;/h2-5,20,22-23H,6-18H2,1H3,(H3,28,29);1H/t22-,23-;. The van der Waals surface area contributed by atoms with Gasteiger partial charge in [-0.2, -0.15) is 0 Å². The molecule has 0 unspecified atom stereocenters. The second kappa shape index (κ2) is 13.8. The Morgan fingerprint density at radius 2 is 1.58 bits per heavy atom. The molecule has 1 aromatic rings. The first-order valence-corrected chi connectivity index (χ1v) is 13.3. The number of likely N-dealkylation sites (tertiary alicyclic amines) is 1. The number of ether oxygens (including phenoxy) is 2. The Morgan fingerprint density at radius 1 is 0.974 bits per heavy atom. The number of hydrogen-bond acceptors (Lipinski definition) is 6. The first-order chi connectivity index (χ1) is 17.9. The van der Waals surface area contributed by atoms with Crippen LogP contribution in [0.25, 0.3) is 0 Å². The number of carbonyl (C=O) groups is 3. The molecule has 3 amide bonds. The van der Waals surface area contributed by atoms with Crippen LogP contribution in [0.15, 0.2) is 24.3 Å². The van der Waals surface area contributed by atoms with Gasteiger partial charge in [-0.1, -0.05) is 24.3 Å². The summed E-state index contributed by atoms with van der Waals surface area (Å²) in [5, 5.41) is 7.58. The number of methoxy groups -OCH3 is 1. The van der Waals surface area contributed by atoms with Crippen LogP contribution >= 0.6 is 12.4 Å². The smallest absolute Gasteiger partial charge is 0.320 e. The number of rotatable bonds is 6. The molecule has 1 aliphatic carbocycles. The summed E-state index contributed by atoms with van der Waals surface area (Å²) in [5.74, 6) is 0.00730. The summed E-state index contributed by atoms with van der Waals surface area (Å²) < 4.78 is 10.3. The normalized spacial score (nSPS) is 22.2. The minimum absolute atomic E-state index is 0. The van der Waals surface area contributed by atoms with E-state index in [-0.39, 0.29) is 54.7 Å². The van der Waals surface area contributed by atoms with Crippen molar-refractivity contribution in [2.75, 3.05) is 53.0 Å². The molecule has 0 atom stereocenters. The molecule has 2 aliphatic heterocycles. The summed E-state index contributed by atoms with van der Waals surface area (Å²) in [6.45, 7) is 3.43. The Hall–Kier alpha value is -2.85. The Labute approximate surface area is 230 Å². The zero-order valence-electron chi connectivity index (χ0n) is 22.1. The molecule has 0 spiro atoms. The fourth-order valence-electron chi connectivity index (χ4n) is 5.72. The number of amidine groups is 1. The highest BCUT2D eigenvalue weighted by Gasteiger charge is 2.36. The largest absolute Gasteiger partial charge is 0.469 e. The Kier molecular flexibility index (Phi) is 10.8. The number of nitrogen functional groups attached to an aromatic ring is 1. The van der Waals surface area contributed by atoms with Crippen LogP contribution in [0.1, 0.15) is 55.6 Å². The molecule has 2 saturated heterocycles. The molecule has 4 rings (SSSR count). The summed E-state index contributed by atoms with van der Waals surface area (Å²) in [5.41, 5.74) is 7.47. The third-order valence-corrected chi connectivity index (χ3v) is 8.05. The molecule has 0 bridgehead atoms. The molecule has 2 heterocycles. The maximum atomic E-state index is 13.8. The molecule has 10 nitrogen and oxygen atoms in total. The van der Waals surface area contributed by atoms with Crippen molar-refractivity contribution >= 4 is 36.2 Å². The molecule has 3 fully saturated rings. The average molecular weight is 550 g/mol. The summed E-state index contributed by atoms with van der Waals surface area (Å²) in [6.07, 6.45) is 4.36. The van der Waals surface area contributed by atoms with Crippen molar-refractivity contribution in [2.24, 2.45) is 11.7 Å². The number of nitrogens with one attached hydrogen (secondary N) is 1. The third-order valence-electron chi connectivity index (χ3n) is 8.05. The molecule has 210 valence electrons. The van der Waals surface area contributed by atoms with Gasteiger partial charge in [0.2, 0.25) is 5.91 Å². The van der Waals surface area contributed by atoms with Gasteiger partial charge < -0.3 is 29.9 Å². The van der Waals surface area contributed by atoms with Crippen molar-refractivity contribution in [1.82, 2.24) is 14.7 Å². The lowest BCUT2D eigenvalue weighted by Gasteiger charge is -2.41. The topological polar surface area (TPSA) is 129 Å². The van der Waals surface area contributed by atoms with E-state index in [2.05, 4.69) is 0 Å². The molecular weight excluding hydrogens is 510 g/mol. The lowest BCUT2D eigenvalue weighted by molar-refractivity contribution is -0.147. The Balaban J connectivity index is 0.00000400. The Morgan fingerprint density at radius 3 is 2.13 bits per heavy atom. The molecule has 38 heavy (non-hydrogen) atoms. The van der Waals surface area contributed by atoms with Crippen molar-refractivity contribution in [3.05, 3.63) is 35.4 Å². The van der Waals surface area contributed by atoms with Gasteiger partial charge in [0.25, 0.3) is 0 Å². The van der Waals surface area contributed by atoms with Crippen molar-refractivity contribution in [2.45, 2.75) is 50.5 Å². The summed E-state index contributed by atoms with van der Waals surface area (Å²) in [6, 6.07) is 7.62. The van der Waals surface area contributed by atoms with Gasteiger partial charge in [0.05, 0.1) is 26.2 Å². The number of benzene rings is 1. The molecule has 3 aliphatic rings. The van der Waals surface area contributed by atoms with E-state index in [0.717, 1.165) is 12.8 Å². The predicted molar refractivity (Wildman–Crippen MR) is 146 cm³/mol. The van der Waals surface area contributed by atoms with Gasteiger partial charge in [-0.05, 0) is 50.0 Å². The lowest BCUT2D eigenvalue weighted by atomic mass is 9.85. The summed E-state index contributed by atoms with van der Waals surface area (Å²) in [4.78, 5) is 44.3. The van der Waals surface area contributed by atoms with Gasteiger partial charge in [0.15, 0.2) is 0 Å². The van der Waals surface area contributed by atoms with Crippen molar-refractivity contribution < 1.29 is 23.9 Å². The van der Waals surface area contributed by atoms with E-state index >= 15 is 0 Å². The quantitative estimate of drug-likeness (QED) is 0.319. The average Bonchev–Trinajstić information content (AvgIpc) is 2.95.